The van der Waals surface area contributed by atoms with Crippen LogP contribution in [-0.4, -0.2) is 29.7 Å². The van der Waals surface area contributed by atoms with Crippen molar-refractivity contribution in [1.82, 2.24) is 23.1 Å². The predicted molar refractivity (Wildman–Crippen MR) is 112 cm³/mol. The molecule has 8 heteroatoms. The van der Waals surface area contributed by atoms with Crippen molar-refractivity contribution in [2.75, 3.05) is 6.61 Å². The minimum Gasteiger partial charge on any atom is -0.487 e. The molecule has 29 heavy (non-hydrogen) atoms. The summed E-state index contributed by atoms with van der Waals surface area (Å²) in [5.41, 5.74) is 2.61. The van der Waals surface area contributed by atoms with Gasteiger partial charge in [-0.1, -0.05) is 24.3 Å². The summed E-state index contributed by atoms with van der Waals surface area (Å²) < 4.78 is 12.2. The first-order chi connectivity index (χ1) is 13.9. The van der Waals surface area contributed by atoms with Gasteiger partial charge < -0.3 is 4.74 Å². The lowest BCUT2D eigenvalue weighted by Crippen LogP contribution is -2.37. The normalized spacial score (nSPS) is 11.9. The molecular formula is C21H23N5O3. The van der Waals surface area contributed by atoms with Crippen LogP contribution >= 0.6 is 0 Å². The third-order valence-corrected chi connectivity index (χ3v) is 5.31. The van der Waals surface area contributed by atoms with E-state index in [9.17, 15) is 9.59 Å². The van der Waals surface area contributed by atoms with Crippen LogP contribution in [0.25, 0.3) is 22.6 Å². The van der Waals surface area contributed by atoms with E-state index in [0.29, 0.717) is 29.3 Å². The number of allylic oxidation sites excluding steroid dienone is 1. The monoisotopic (exact) mass is 393 g/mol. The number of benzene rings is 1. The molecule has 3 heterocycles. The molecule has 1 aromatic carbocycles. The van der Waals surface area contributed by atoms with Crippen molar-refractivity contribution in [3.8, 4) is 11.4 Å². The number of hydrogen-bond acceptors (Lipinski definition) is 4. The maximum absolute atomic E-state index is 12.9. The van der Waals surface area contributed by atoms with Crippen LogP contribution in [0.2, 0.25) is 0 Å². The zero-order valence-corrected chi connectivity index (χ0v) is 17.1. The fourth-order valence-corrected chi connectivity index (χ4v) is 3.61. The van der Waals surface area contributed by atoms with Gasteiger partial charge in [-0.25, -0.2) is 4.79 Å². The molecule has 0 saturated heterocycles. The van der Waals surface area contributed by atoms with Crippen LogP contribution in [0, 0.1) is 13.8 Å². The summed E-state index contributed by atoms with van der Waals surface area (Å²) >= 11 is 0. The van der Waals surface area contributed by atoms with Gasteiger partial charge in [0.15, 0.2) is 11.2 Å². The van der Waals surface area contributed by atoms with E-state index in [1.807, 2.05) is 66.2 Å². The number of ether oxygens (including phenoxy) is 1. The van der Waals surface area contributed by atoms with Crippen molar-refractivity contribution < 1.29 is 4.74 Å². The van der Waals surface area contributed by atoms with Crippen molar-refractivity contribution in [2.45, 2.75) is 20.8 Å². The topological polar surface area (TPSA) is 75.5 Å². The minimum absolute atomic E-state index is 0.359. The van der Waals surface area contributed by atoms with E-state index in [4.69, 9.17) is 4.74 Å². The Morgan fingerprint density at radius 1 is 1.07 bits per heavy atom. The molecule has 0 aliphatic rings. The number of hydrogen-bond donors (Lipinski definition) is 0. The second kappa shape index (κ2) is 6.80. The molecule has 0 aliphatic heterocycles. The Kier molecular flexibility index (Phi) is 4.41. The van der Waals surface area contributed by atoms with E-state index in [2.05, 4.69) is 4.98 Å². The van der Waals surface area contributed by atoms with E-state index in [1.54, 1.807) is 7.05 Å². The molecule has 150 valence electrons. The predicted octanol–water partition coefficient (Wildman–Crippen LogP) is 2.25. The number of aromatic nitrogens is 5. The maximum Gasteiger partial charge on any atom is 0.332 e. The first kappa shape index (κ1) is 18.8. The standard InChI is InChI=1S/C21H23N5O3/c1-6-7-12-29-16-11-9-8-10-15(16)25-13(2)14(3)26-17-18(22-20(25)26)23(4)21(28)24(5)19(17)27/h6-11H,12H2,1-5H3/b7-6+. The van der Waals surface area contributed by atoms with Crippen LogP contribution < -0.4 is 16.0 Å². The molecule has 0 bridgehead atoms. The van der Waals surface area contributed by atoms with Gasteiger partial charge in [0, 0.05) is 25.5 Å². The summed E-state index contributed by atoms with van der Waals surface area (Å²) in [7, 11) is 3.10. The zero-order chi connectivity index (χ0) is 20.9. The highest BCUT2D eigenvalue weighted by Crippen LogP contribution is 2.29. The quantitative estimate of drug-likeness (QED) is 0.499. The number of imidazole rings is 2. The van der Waals surface area contributed by atoms with E-state index in [0.717, 1.165) is 21.6 Å². The van der Waals surface area contributed by atoms with Gasteiger partial charge in [-0.05, 0) is 32.9 Å². The van der Waals surface area contributed by atoms with Crippen LogP contribution in [0.4, 0.5) is 0 Å². The first-order valence-corrected chi connectivity index (χ1v) is 9.38. The number of aryl methyl sites for hydroxylation is 2. The average molecular weight is 393 g/mol. The lowest BCUT2D eigenvalue weighted by atomic mass is 10.2. The van der Waals surface area contributed by atoms with Gasteiger partial charge in [-0.2, -0.15) is 4.98 Å². The fraction of sp³-hybridized carbons (Fsp3) is 0.286. The molecule has 0 saturated carbocycles. The van der Waals surface area contributed by atoms with Crippen LogP contribution in [-0.2, 0) is 14.1 Å². The lowest BCUT2D eigenvalue weighted by Gasteiger charge is -2.12. The Bertz CT molecular complexity index is 1400. The number of nitrogens with zero attached hydrogens (tertiary/aromatic N) is 5. The van der Waals surface area contributed by atoms with Crippen LogP contribution in [0.3, 0.4) is 0 Å². The second-order valence-electron chi connectivity index (χ2n) is 6.98. The van der Waals surface area contributed by atoms with Gasteiger partial charge in [-0.15, -0.1) is 0 Å². The molecule has 0 spiro atoms. The molecule has 4 aromatic rings. The van der Waals surface area contributed by atoms with Crippen LogP contribution in [0.5, 0.6) is 5.75 Å². The summed E-state index contributed by atoms with van der Waals surface area (Å²) in [6, 6.07) is 7.70. The Morgan fingerprint density at radius 2 is 1.79 bits per heavy atom. The summed E-state index contributed by atoms with van der Waals surface area (Å²) in [4.78, 5) is 29.9. The molecule has 0 unspecified atom stereocenters. The molecule has 0 atom stereocenters. The maximum atomic E-state index is 12.9. The summed E-state index contributed by atoms with van der Waals surface area (Å²) in [6.45, 7) is 6.31. The van der Waals surface area contributed by atoms with Crippen molar-refractivity contribution in [3.63, 3.8) is 0 Å². The van der Waals surface area contributed by atoms with Gasteiger partial charge >= 0.3 is 5.69 Å². The molecule has 0 fully saturated rings. The molecule has 0 N–H and O–H groups in total. The highest BCUT2D eigenvalue weighted by Gasteiger charge is 2.23. The third-order valence-electron chi connectivity index (χ3n) is 5.31. The number of rotatable bonds is 4. The summed E-state index contributed by atoms with van der Waals surface area (Å²) in [6.07, 6.45) is 3.87. The molecule has 8 nitrogen and oxygen atoms in total. The third kappa shape index (κ3) is 2.63. The van der Waals surface area contributed by atoms with Crippen molar-refractivity contribution in [2.24, 2.45) is 14.1 Å². The summed E-state index contributed by atoms with van der Waals surface area (Å²) in [5, 5.41) is 0. The first-order valence-electron chi connectivity index (χ1n) is 9.38. The van der Waals surface area contributed by atoms with Crippen molar-refractivity contribution >= 4 is 16.9 Å². The Labute approximate surface area is 166 Å². The van der Waals surface area contributed by atoms with Crippen LogP contribution in [0.1, 0.15) is 18.3 Å². The van der Waals surface area contributed by atoms with Crippen molar-refractivity contribution in [3.05, 3.63) is 68.6 Å². The van der Waals surface area contributed by atoms with E-state index < -0.39 is 5.69 Å². The summed E-state index contributed by atoms with van der Waals surface area (Å²) in [5.74, 6) is 1.27. The van der Waals surface area contributed by atoms with Gasteiger partial charge in [-0.3, -0.25) is 22.9 Å². The molecule has 4 rings (SSSR count). The van der Waals surface area contributed by atoms with E-state index in [1.165, 1.54) is 11.6 Å². The second-order valence-corrected chi connectivity index (χ2v) is 6.98. The fourth-order valence-electron chi connectivity index (χ4n) is 3.61. The van der Waals surface area contributed by atoms with E-state index in [-0.39, 0.29) is 5.56 Å². The Hall–Kier alpha value is -3.55. The molecule has 0 aliphatic carbocycles. The molecule has 0 amide bonds. The average Bonchev–Trinajstić information content (AvgIpc) is 3.21. The van der Waals surface area contributed by atoms with E-state index >= 15 is 0 Å². The Balaban J connectivity index is 2.10. The van der Waals surface area contributed by atoms with Crippen molar-refractivity contribution in [1.29, 1.82) is 0 Å². The van der Waals surface area contributed by atoms with Crippen LogP contribution in [0.15, 0.2) is 46.0 Å². The van der Waals surface area contributed by atoms with Gasteiger partial charge in [0.2, 0.25) is 5.78 Å². The highest BCUT2D eigenvalue weighted by molar-refractivity contribution is 5.77. The molecule has 3 aromatic heterocycles. The zero-order valence-electron chi connectivity index (χ0n) is 17.1. The lowest BCUT2D eigenvalue weighted by molar-refractivity contribution is 0.361. The smallest absolute Gasteiger partial charge is 0.332 e. The Morgan fingerprint density at radius 3 is 2.52 bits per heavy atom. The number of para-hydroxylation sites is 2. The van der Waals surface area contributed by atoms with Gasteiger partial charge in [0.25, 0.3) is 5.56 Å². The SMILES string of the molecule is C/C=C/COc1ccccc1-n1c(C)c(C)n2c3c(=O)n(C)c(=O)n(C)c3nc12. The minimum atomic E-state index is -0.403. The van der Waals surface area contributed by atoms with Gasteiger partial charge in [0.1, 0.15) is 12.4 Å². The number of fused-ring (bicyclic) bond motifs is 3. The van der Waals surface area contributed by atoms with Gasteiger partial charge in [0.05, 0.1) is 5.69 Å². The molecular weight excluding hydrogens is 370 g/mol. The highest BCUT2D eigenvalue weighted by atomic mass is 16.5. The largest absolute Gasteiger partial charge is 0.487 e. The molecule has 0 radical (unpaired) electrons.